The predicted molar refractivity (Wildman–Crippen MR) is 112 cm³/mol. The second kappa shape index (κ2) is 8.15. The van der Waals surface area contributed by atoms with Crippen LogP contribution in [0.2, 0.25) is 5.02 Å². The van der Waals surface area contributed by atoms with Gasteiger partial charge in [-0.05, 0) is 81.5 Å². The highest BCUT2D eigenvalue weighted by molar-refractivity contribution is 6.30. The summed E-state index contributed by atoms with van der Waals surface area (Å²) in [4.78, 5) is 26.7. The summed E-state index contributed by atoms with van der Waals surface area (Å²) < 4.78 is 5.36. The normalized spacial score (nSPS) is 29.7. The number of benzene rings is 1. The summed E-state index contributed by atoms with van der Waals surface area (Å²) >= 11 is 6.07. The van der Waals surface area contributed by atoms with Crippen LogP contribution in [0.15, 0.2) is 18.2 Å². The summed E-state index contributed by atoms with van der Waals surface area (Å²) in [5.41, 5.74) is 0.799. The zero-order chi connectivity index (χ0) is 20.6. The van der Waals surface area contributed by atoms with Gasteiger partial charge in [-0.1, -0.05) is 11.6 Å². The SMILES string of the molecule is COc1ccc(Cl)cc1CN(C)CC(=O)NC(=O)NC12CC3CC(CC(C3)C1)C2. The lowest BCUT2D eigenvalue weighted by Crippen LogP contribution is -2.62. The van der Waals surface area contributed by atoms with Crippen LogP contribution in [0.4, 0.5) is 4.79 Å². The summed E-state index contributed by atoms with van der Waals surface area (Å²) in [6.45, 7) is 0.609. The van der Waals surface area contributed by atoms with Crippen LogP contribution >= 0.6 is 11.6 Å². The largest absolute Gasteiger partial charge is 0.496 e. The van der Waals surface area contributed by atoms with Crippen LogP contribution in [-0.4, -0.2) is 43.1 Å². The van der Waals surface area contributed by atoms with Crippen LogP contribution in [0.3, 0.4) is 0 Å². The Balaban J connectivity index is 1.28. The van der Waals surface area contributed by atoms with Crippen molar-refractivity contribution in [2.45, 2.75) is 50.6 Å². The van der Waals surface area contributed by atoms with E-state index in [9.17, 15) is 9.59 Å². The molecular weight excluding hydrogens is 390 g/mol. The molecule has 4 aliphatic rings. The first-order valence-corrected chi connectivity index (χ1v) is 10.8. The number of amides is 3. The molecule has 158 valence electrons. The number of nitrogens with one attached hydrogen (secondary N) is 2. The van der Waals surface area contributed by atoms with Gasteiger partial charge in [-0.3, -0.25) is 15.0 Å². The third-order valence-corrected chi connectivity index (χ3v) is 7.00. The molecule has 0 aliphatic heterocycles. The number of urea groups is 1. The number of likely N-dealkylation sites (N-methyl/N-ethyl adjacent to an activating group) is 1. The van der Waals surface area contributed by atoms with Gasteiger partial charge in [0, 0.05) is 22.7 Å². The van der Waals surface area contributed by atoms with Crippen molar-refractivity contribution < 1.29 is 14.3 Å². The summed E-state index contributed by atoms with van der Waals surface area (Å²) in [6, 6.07) is 5.05. The van der Waals surface area contributed by atoms with E-state index in [1.807, 2.05) is 24.1 Å². The first-order valence-electron chi connectivity index (χ1n) is 10.5. The van der Waals surface area contributed by atoms with Crippen molar-refractivity contribution in [1.82, 2.24) is 15.5 Å². The molecule has 2 N–H and O–H groups in total. The lowest BCUT2D eigenvalue weighted by atomic mass is 9.53. The molecule has 1 aromatic rings. The fourth-order valence-electron chi connectivity index (χ4n) is 6.16. The summed E-state index contributed by atoms with van der Waals surface area (Å²) in [5.74, 6) is 2.65. The molecule has 3 amide bonds. The third-order valence-electron chi connectivity index (χ3n) is 6.77. The average Bonchev–Trinajstić information content (AvgIpc) is 2.59. The first kappa shape index (κ1) is 20.5. The van der Waals surface area contributed by atoms with Gasteiger partial charge in [0.05, 0.1) is 13.7 Å². The van der Waals surface area contributed by atoms with Gasteiger partial charge in [0.2, 0.25) is 5.91 Å². The predicted octanol–water partition coefficient (Wildman–Crippen LogP) is 3.58. The molecule has 7 heteroatoms. The first-order chi connectivity index (χ1) is 13.8. The van der Waals surface area contributed by atoms with E-state index in [-0.39, 0.29) is 24.0 Å². The van der Waals surface area contributed by atoms with Crippen molar-refractivity contribution >= 4 is 23.5 Å². The summed E-state index contributed by atoms with van der Waals surface area (Å²) in [7, 11) is 3.44. The van der Waals surface area contributed by atoms with Crippen LogP contribution < -0.4 is 15.4 Å². The number of halogens is 1. The van der Waals surface area contributed by atoms with Gasteiger partial charge in [-0.25, -0.2) is 4.79 Å². The molecule has 6 nitrogen and oxygen atoms in total. The van der Waals surface area contributed by atoms with Gasteiger partial charge in [-0.15, -0.1) is 0 Å². The Kier molecular flexibility index (Phi) is 5.76. The molecule has 0 heterocycles. The maximum atomic E-state index is 12.5. The molecular formula is C22H30ClN3O3. The van der Waals surface area contributed by atoms with Gasteiger partial charge in [0.15, 0.2) is 0 Å². The van der Waals surface area contributed by atoms with Crippen molar-refractivity contribution in [2.75, 3.05) is 20.7 Å². The standard InChI is InChI=1S/C22H30ClN3O3/c1-26(12-17-8-18(23)3-4-19(17)29-2)13-20(27)24-21(28)25-22-9-14-5-15(10-22)7-16(6-14)11-22/h3-4,8,14-16H,5-7,9-13H2,1-2H3,(H2,24,25,27,28). The smallest absolute Gasteiger partial charge is 0.321 e. The van der Waals surface area contributed by atoms with E-state index in [1.54, 1.807) is 13.2 Å². The second-order valence-corrected chi connectivity index (χ2v) is 9.77. The zero-order valence-corrected chi connectivity index (χ0v) is 17.9. The number of methoxy groups -OCH3 is 1. The van der Waals surface area contributed by atoms with Crippen LogP contribution in [0, 0.1) is 17.8 Å². The van der Waals surface area contributed by atoms with Crippen molar-refractivity contribution in [3.8, 4) is 5.75 Å². The van der Waals surface area contributed by atoms with Crippen molar-refractivity contribution in [2.24, 2.45) is 17.8 Å². The van der Waals surface area contributed by atoms with Gasteiger partial charge < -0.3 is 10.1 Å². The highest BCUT2D eigenvalue weighted by Crippen LogP contribution is 2.55. The number of nitrogens with zero attached hydrogens (tertiary/aromatic N) is 1. The maximum absolute atomic E-state index is 12.5. The fraction of sp³-hybridized carbons (Fsp3) is 0.636. The molecule has 4 fully saturated rings. The molecule has 4 bridgehead atoms. The molecule has 0 atom stereocenters. The lowest BCUT2D eigenvalue weighted by molar-refractivity contribution is -0.121. The van der Waals surface area contributed by atoms with Crippen LogP contribution in [0.5, 0.6) is 5.75 Å². The number of carbonyl (C=O) groups is 2. The number of ether oxygens (including phenoxy) is 1. The maximum Gasteiger partial charge on any atom is 0.321 e. The topological polar surface area (TPSA) is 70.7 Å². The number of carbonyl (C=O) groups excluding carboxylic acids is 2. The average molecular weight is 420 g/mol. The molecule has 5 rings (SSSR count). The minimum absolute atomic E-state index is 0.0980. The van der Waals surface area contributed by atoms with Gasteiger partial charge in [0.25, 0.3) is 0 Å². The Morgan fingerprint density at radius 3 is 2.38 bits per heavy atom. The van der Waals surface area contributed by atoms with E-state index in [4.69, 9.17) is 16.3 Å². The second-order valence-electron chi connectivity index (χ2n) is 9.33. The third kappa shape index (κ3) is 4.69. The quantitative estimate of drug-likeness (QED) is 0.739. The van der Waals surface area contributed by atoms with Crippen LogP contribution in [-0.2, 0) is 11.3 Å². The number of imide groups is 1. The number of hydrogen-bond donors (Lipinski definition) is 2. The molecule has 0 aromatic heterocycles. The highest BCUT2D eigenvalue weighted by atomic mass is 35.5. The van der Waals surface area contributed by atoms with E-state index in [0.717, 1.165) is 48.3 Å². The molecule has 0 radical (unpaired) electrons. The van der Waals surface area contributed by atoms with Gasteiger partial charge >= 0.3 is 6.03 Å². The van der Waals surface area contributed by atoms with Gasteiger partial charge in [0.1, 0.15) is 5.75 Å². The van der Waals surface area contributed by atoms with Gasteiger partial charge in [-0.2, -0.15) is 0 Å². The molecule has 4 aliphatic carbocycles. The minimum atomic E-state index is -0.356. The van der Waals surface area contributed by atoms with Crippen molar-refractivity contribution in [1.29, 1.82) is 0 Å². The zero-order valence-electron chi connectivity index (χ0n) is 17.2. The van der Waals surface area contributed by atoms with E-state index in [2.05, 4.69) is 10.6 Å². The number of hydrogen-bond acceptors (Lipinski definition) is 4. The highest BCUT2D eigenvalue weighted by Gasteiger charge is 2.51. The Morgan fingerprint density at radius 2 is 1.79 bits per heavy atom. The lowest BCUT2D eigenvalue weighted by Gasteiger charge is -2.56. The van der Waals surface area contributed by atoms with Crippen molar-refractivity contribution in [3.05, 3.63) is 28.8 Å². The van der Waals surface area contributed by atoms with E-state index < -0.39 is 0 Å². The summed E-state index contributed by atoms with van der Waals surface area (Å²) in [5, 5.41) is 6.32. The van der Waals surface area contributed by atoms with Crippen LogP contribution in [0.25, 0.3) is 0 Å². The summed E-state index contributed by atoms with van der Waals surface area (Å²) in [6.07, 6.45) is 7.15. The van der Waals surface area contributed by atoms with E-state index >= 15 is 0 Å². The molecule has 0 spiro atoms. The Morgan fingerprint density at radius 1 is 1.17 bits per heavy atom. The monoisotopic (exact) mass is 419 g/mol. The molecule has 0 saturated heterocycles. The number of rotatable bonds is 6. The molecule has 4 saturated carbocycles. The molecule has 29 heavy (non-hydrogen) atoms. The van der Waals surface area contributed by atoms with E-state index in [1.165, 1.54) is 19.3 Å². The fourth-order valence-corrected chi connectivity index (χ4v) is 6.36. The minimum Gasteiger partial charge on any atom is -0.496 e. The van der Waals surface area contributed by atoms with Crippen molar-refractivity contribution in [3.63, 3.8) is 0 Å². The molecule has 0 unspecified atom stereocenters. The van der Waals surface area contributed by atoms with Crippen LogP contribution in [0.1, 0.15) is 44.1 Å². The Bertz CT molecular complexity index is 762. The Labute approximate surface area is 177 Å². The van der Waals surface area contributed by atoms with E-state index in [0.29, 0.717) is 11.6 Å². The Hall–Kier alpha value is -1.79. The molecule has 1 aromatic carbocycles.